The average Bonchev–Trinajstić information content (AvgIpc) is 2.82. The zero-order valence-corrected chi connectivity index (χ0v) is 14.7. The van der Waals surface area contributed by atoms with Crippen LogP contribution in [0.15, 0.2) is 24.3 Å². The van der Waals surface area contributed by atoms with Crippen molar-refractivity contribution in [2.24, 2.45) is 0 Å². The Kier molecular flexibility index (Phi) is 5.39. The van der Waals surface area contributed by atoms with Gasteiger partial charge >= 0.3 is 0 Å². The van der Waals surface area contributed by atoms with Crippen molar-refractivity contribution in [3.8, 4) is 0 Å². The summed E-state index contributed by atoms with van der Waals surface area (Å²) in [7, 11) is 0. The number of carbonyl (C=O) groups is 2. The van der Waals surface area contributed by atoms with Gasteiger partial charge in [-0.25, -0.2) is 0 Å². The Balaban J connectivity index is 1.65. The Labute approximate surface area is 148 Å². The van der Waals surface area contributed by atoms with Crippen LogP contribution in [0.25, 0.3) is 0 Å². The lowest BCUT2D eigenvalue weighted by Crippen LogP contribution is -2.40. The maximum absolute atomic E-state index is 12.7. The maximum atomic E-state index is 12.7. The molecule has 1 N–H and O–H groups in total. The van der Waals surface area contributed by atoms with E-state index in [9.17, 15) is 14.7 Å². The van der Waals surface area contributed by atoms with E-state index in [1.807, 2.05) is 6.92 Å². The van der Waals surface area contributed by atoms with Crippen LogP contribution >= 0.6 is 0 Å². The number of likely N-dealkylation sites (tertiary alicyclic amines) is 1. The van der Waals surface area contributed by atoms with Crippen LogP contribution in [0.4, 0.5) is 0 Å². The van der Waals surface area contributed by atoms with E-state index >= 15 is 0 Å². The van der Waals surface area contributed by atoms with Crippen molar-refractivity contribution in [3.05, 3.63) is 35.4 Å². The summed E-state index contributed by atoms with van der Waals surface area (Å²) in [4.78, 5) is 28.7. The van der Waals surface area contributed by atoms with E-state index < -0.39 is 5.60 Å². The molecule has 0 spiro atoms. The minimum Gasteiger partial charge on any atom is -0.390 e. The highest BCUT2D eigenvalue weighted by Crippen LogP contribution is 2.22. The Morgan fingerprint density at radius 2 is 1.44 bits per heavy atom. The molecule has 2 aliphatic rings. The van der Waals surface area contributed by atoms with E-state index in [1.165, 1.54) is 0 Å². The first-order valence-corrected chi connectivity index (χ1v) is 8.95. The fourth-order valence-corrected chi connectivity index (χ4v) is 3.35. The molecule has 2 fully saturated rings. The summed E-state index contributed by atoms with van der Waals surface area (Å²) in [5, 5.41) is 10.2. The van der Waals surface area contributed by atoms with Crippen molar-refractivity contribution in [2.45, 2.75) is 31.8 Å². The first kappa shape index (κ1) is 17.9. The molecule has 1 aromatic carbocycles. The summed E-state index contributed by atoms with van der Waals surface area (Å²) in [6, 6.07) is 6.89. The summed E-state index contributed by atoms with van der Waals surface area (Å²) in [6.45, 7) is 5.39. The van der Waals surface area contributed by atoms with Gasteiger partial charge in [-0.05, 0) is 50.5 Å². The number of benzene rings is 1. The molecule has 2 amide bonds. The van der Waals surface area contributed by atoms with Crippen LogP contribution in [0.3, 0.4) is 0 Å². The van der Waals surface area contributed by atoms with Gasteiger partial charge in [-0.15, -0.1) is 0 Å². The van der Waals surface area contributed by atoms with Gasteiger partial charge in [-0.1, -0.05) is 0 Å². The smallest absolute Gasteiger partial charge is 0.254 e. The minimum absolute atomic E-state index is 0.0203. The molecule has 6 nitrogen and oxygen atoms in total. The molecule has 0 unspecified atom stereocenters. The number of aliphatic hydroxyl groups is 1. The number of ether oxygens (including phenoxy) is 1. The van der Waals surface area contributed by atoms with Gasteiger partial charge in [0.15, 0.2) is 0 Å². The highest BCUT2D eigenvalue weighted by molar-refractivity contribution is 5.97. The van der Waals surface area contributed by atoms with Crippen molar-refractivity contribution >= 4 is 11.8 Å². The monoisotopic (exact) mass is 346 g/mol. The number of nitrogens with zero attached hydrogens (tertiary/aromatic N) is 2. The fourth-order valence-electron chi connectivity index (χ4n) is 3.35. The van der Waals surface area contributed by atoms with Crippen molar-refractivity contribution in [2.75, 3.05) is 39.4 Å². The van der Waals surface area contributed by atoms with E-state index in [-0.39, 0.29) is 11.8 Å². The molecule has 0 aliphatic carbocycles. The minimum atomic E-state index is -0.691. The predicted molar refractivity (Wildman–Crippen MR) is 93.5 cm³/mol. The second-order valence-corrected chi connectivity index (χ2v) is 7.12. The Bertz CT molecular complexity index is 621. The number of hydrogen-bond donors (Lipinski definition) is 1. The molecule has 25 heavy (non-hydrogen) atoms. The van der Waals surface area contributed by atoms with E-state index in [2.05, 4.69) is 0 Å². The lowest BCUT2D eigenvalue weighted by molar-refractivity contribution is 0.0302. The zero-order chi connectivity index (χ0) is 17.9. The molecule has 6 heteroatoms. The highest BCUT2D eigenvalue weighted by atomic mass is 16.5. The molecule has 1 aromatic rings. The molecule has 2 aliphatic heterocycles. The van der Waals surface area contributed by atoms with Crippen LogP contribution in [0, 0.1) is 0 Å². The predicted octanol–water partition coefficient (Wildman–Crippen LogP) is 1.54. The summed E-state index contributed by atoms with van der Waals surface area (Å²) in [5.41, 5.74) is 0.487. The largest absolute Gasteiger partial charge is 0.390 e. The molecule has 0 bridgehead atoms. The molecule has 1 atom stereocenters. The number of carbonyl (C=O) groups excluding carboxylic acids is 2. The van der Waals surface area contributed by atoms with Gasteiger partial charge in [0.25, 0.3) is 11.8 Å². The molecule has 136 valence electrons. The third kappa shape index (κ3) is 4.38. The molecule has 0 radical (unpaired) electrons. The Morgan fingerprint density at radius 1 is 0.920 bits per heavy atom. The van der Waals surface area contributed by atoms with Crippen LogP contribution in [0.2, 0.25) is 0 Å². The first-order valence-electron chi connectivity index (χ1n) is 8.95. The lowest BCUT2D eigenvalue weighted by atomic mass is 9.98. The standard InChI is InChI=1S/C19H26N2O4/c1-19(24)7-2-9-20(10-8-19)17(22)15-3-5-16(6-4-15)18(23)21-11-13-25-14-12-21/h3-6,24H,2,7-14H2,1H3/t19-/m1/s1. The molecular formula is C19H26N2O4. The van der Waals surface area contributed by atoms with Gasteiger partial charge in [-0.3, -0.25) is 9.59 Å². The van der Waals surface area contributed by atoms with Crippen LogP contribution < -0.4 is 0 Å². The normalized spacial score (nSPS) is 24.7. The van der Waals surface area contributed by atoms with E-state index in [0.29, 0.717) is 63.4 Å². The van der Waals surface area contributed by atoms with Crippen molar-refractivity contribution < 1.29 is 19.4 Å². The maximum Gasteiger partial charge on any atom is 0.254 e. The van der Waals surface area contributed by atoms with Gasteiger partial charge in [0.2, 0.25) is 0 Å². The van der Waals surface area contributed by atoms with Gasteiger partial charge in [0.1, 0.15) is 0 Å². The second kappa shape index (κ2) is 7.54. The van der Waals surface area contributed by atoms with Gasteiger partial charge < -0.3 is 19.6 Å². The van der Waals surface area contributed by atoms with Crippen LogP contribution in [0.1, 0.15) is 46.9 Å². The van der Waals surface area contributed by atoms with Crippen molar-refractivity contribution in [1.82, 2.24) is 9.80 Å². The van der Waals surface area contributed by atoms with E-state index in [4.69, 9.17) is 4.74 Å². The van der Waals surface area contributed by atoms with Crippen LogP contribution in [-0.4, -0.2) is 71.7 Å². The van der Waals surface area contributed by atoms with Gasteiger partial charge in [0.05, 0.1) is 18.8 Å². The summed E-state index contributed by atoms with van der Waals surface area (Å²) >= 11 is 0. The fraction of sp³-hybridized carbons (Fsp3) is 0.579. The van der Waals surface area contributed by atoms with E-state index in [1.54, 1.807) is 34.1 Å². The summed E-state index contributed by atoms with van der Waals surface area (Å²) in [6.07, 6.45) is 2.10. The SMILES string of the molecule is C[C@@]1(O)CCCN(C(=O)c2ccc(C(=O)N3CCOCC3)cc2)CC1. The zero-order valence-electron chi connectivity index (χ0n) is 14.7. The molecule has 0 aromatic heterocycles. The molecule has 3 rings (SSSR count). The van der Waals surface area contributed by atoms with E-state index in [0.717, 1.165) is 6.42 Å². The van der Waals surface area contributed by atoms with Crippen LogP contribution in [-0.2, 0) is 4.74 Å². The van der Waals surface area contributed by atoms with Gasteiger partial charge in [-0.2, -0.15) is 0 Å². The first-order chi connectivity index (χ1) is 12.0. The molecule has 0 saturated carbocycles. The third-order valence-corrected chi connectivity index (χ3v) is 5.03. The lowest BCUT2D eigenvalue weighted by Gasteiger charge is -2.27. The van der Waals surface area contributed by atoms with Gasteiger partial charge in [0, 0.05) is 37.3 Å². The number of rotatable bonds is 2. The van der Waals surface area contributed by atoms with Crippen molar-refractivity contribution in [3.63, 3.8) is 0 Å². The third-order valence-electron chi connectivity index (χ3n) is 5.03. The Morgan fingerprint density at radius 3 is 2.00 bits per heavy atom. The Hall–Kier alpha value is -1.92. The molecule has 2 saturated heterocycles. The highest BCUT2D eigenvalue weighted by Gasteiger charge is 2.27. The number of morpholine rings is 1. The summed E-state index contributed by atoms with van der Waals surface area (Å²) < 4.78 is 5.27. The average molecular weight is 346 g/mol. The number of amides is 2. The topological polar surface area (TPSA) is 70.1 Å². The quantitative estimate of drug-likeness (QED) is 0.882. The molecule has 2 heterocycles. The number of hydrogen-bond acceptors (Lipinski definition) is 4. The second-order valence-electron chi connectivity index (χ2n) is 7.12. The van der Waals surface area contributed by atoms with Crippen molar-refractivity contribution in [1.29, 1.82) is 0 Å². The van der Waals surface area contributed by atoms with Crippen LogP contribution in [0.5, 0.6) is 0 Å². The molecular weight excluding hydrogens is 320 g/mol. The summed E-state index contributed by atoms with van der Waals surface area (Å²) in [5.74, 6) is -0.0591.